The predicted molar refractivity (Wildman–Crippen MR) is 89.4 cm³/mol. The molecule has 0 aliphatic heterocycles. The fraction of sp³-hybridized carbons (Fsp3) is 0.0588. The Bertz CT molecular complexity index is 1010. The van der Waals surface area contributed by atoms with Crippen LogP contribution in [0.5, 0.6) is 0 Å². The zero-order chi connectivity index (χ0) is 18.5. The number of nitrogens with one attached hydrogen (secondary N) is 3. The third-order valence-corrected chi connectivity index (χ3v) is 3.44. The van der Waals surface area contributed by atoms with Crippen LogP contribution >= 0.6 is 0 Å². The number of halogens is 2. The summed E-state index contributed by atoms with van der Waals surface area (Å²) in [5.41, 5.74) is -0.0344. The number of allylic oxidation sites excluding steroid dienone is 1. The topological polar surface area (TPSA) is 108 Å². The quantitative estimate of drug-likeness (QED) is 0.587. The molecular formula is C17H13F2N5O2. The number of H-pyrrole nitrogens is 1. The van der Waals surface area contributed by atoms with E-state index in [1.807, 2.05) is 0 Å². The molecule has 3 rings (SSSR count). The van der Waals surface area contributed by atoms with Crippen LogP contribution < -0.4 is 10.9 Å². The molecule has 0 amide bonds. The van der Waals surface area contributed by atoms with Crippen LogP contribution in [0.1, 0.15) is 17.1 Å². The number of benzene rings is 1. The van der Waals surface area contributed by atoms with Crippen molar-refractivity contribution in [3.63, 3.8) is 0 Å². The van der Waals surface area contributed by atoms with Crippen LogP contribution in [-0.4, -0.2) is 20.8 Å². The van der Waals surface area contributed by atoms with Gasteiger partial charge in [-0.1, -0.05) is 23.4 Å². The molecule has 0 aliphatic rings. The van der Waals surface area contributed by atoms with Crippen molar-refractivity contribution < 1.29 is 13.3 Å². The molecule has 0 atom stereocenters. The highest BCUT2D eigenvalue weighted by atomic mass is 19.1. The minimum Gasteiger partial charge on any atom is -0.379 e. The summed E-state index contributed by atoms with van der Waals surface area (Å²) >= 11 is 0. The van der Waals surface area contributed by atoms with Gasteiger partial charge in [-0.25, -0.2) is 9.37 Å². The zero-order valence-electron chi connectivity index (χ0n) is 13.3. The SMILES string of the molecule is N=C(/C=C(\NCc1ccccc1F)c1ccon1)c1ncc(F)c(=O)[nH]1. The highest BCUT2D eigenvalue weighted by Crippen LogP contribution is 2.13. The molecule has 1 aromatic carbocycles. The molecule has 0 saturated carbocycles. The lowest BCUT2D eigenvalue weighted by molar-refractivity contribution is 0.417. The van der Waals surface area contributed by atoms with E-state index in [0.717, 1.165) is 6.20 Å². The van der Waals surface area contributed by atoms with Crippen LogP contribution in [-0.2, 0) is 6.54 Å². The first kappa shape index (κ1) is 17.2. The average Bonchev–Trinajstić information content (AvgIpc) is 3.16. The van der Waals surface area contributed by atoms with Gasteiger partial charge in [-0.15, -0.1) is 0 Å². The summed E-state index contributed by atoms with van der Waals surface area (Å²) in [6.45, 7) is 0.131. The Hall–Kier alpha value is -3.62. The summed E-state index contributed by atoms with van der Waals surface area (Å²) in [7, 11) is 0. The van der Waals surface area contributed by atoms with Gasteiger partial charge < -0.3 is 14.8 Å². The maximum atomic E-state index is 13.8. The third kappa shape index (κ3) is 3.89. The van der Waals surface area contributed by atoms with Gasteiger partial charge in [0.05, 0.1) is 17.6 Å². The van der Waals surface area contributed by atoms with Crippen LogP contribution in [0, 0.1) is 17.0 Å². The first-order valence-corrected chi connectivity index (χ1v) is 7.48. The van der Waals surface area contributed by atoms with E-state index < -0.39 is 11.4 Å². The number of aromatic amines is 1. The van der Waals surface area contributed by atoms with E-state index in [1.165, 1.54) is 18.4 Å². The minimum atomic E-state index is -1.04. The summed E-state index contributed by atoms with van der Waals surface area (Å²) in [6.07, 6.45) is 3.41. The molecule has 7 nitrogen and oxygen atoms in total. The van der Waals surface area contributed by atoms with E-state index in [1.54, 1.807) is 24.3 Å². The van der Waals surface area contributed by atoms with Crippen molar-refractivity contribution in [3.8, 4) is 0 Å². The molecule has 2 aromatic heterocycles. The molecular weight excluding hydrogens is 344 g/mol. The minimum absolute atomic E-state index is 0.120. The largest absolute Gasteiger partial charge is 0.379 e. The van der Waals surface area contributed by atoms with Gasteiger partial charge in [0.1, 0.15) is 17.8 Å². The Kier molecular flexibility index (Phi) is 4.97. The highest BCUT2D eigenvalue weighted by molar-refractivity contribution is 6.07. The third-order valence-electron chi connectivity index (χ3n) is 3.44. The Balaban J connectivity index is 1.87. The first-order valence-electron chi connectivity index (χ1n) is 7.48. The van der Waals surface area contributed by atoms with E-state index in [0.29, 0.717) is 17.0 Å². The molecule has 0 aliphatic carbocycles. The number of aromatic nitrogens is 3. The smallest absolute Gasteiger partial charge is 0.287 e. The van der Waals surface area contributed by atoms with Crippen LogP contribution in [0.3, 0.4) is 0 Å². The second-order valence-electron chi connectivity index (χ2n) is 5.21. The molecule has 3 N–H and O–H groups in total. The molecule has 0 fully saturated rings. The van der Waals surface area contributed by atoms with Gasteiger partial charge >= 0.3 is 0 Å². The van der Waals surface area contributed by atoms with E-state index in [4.69, 9.17) is 9.93 Å². The highest BCUT2D eigenvalue weighted by Gasteiger charge is 2.11. The second kappa shape index (κ2) is 7.51. The molecule has 132 valence electrons. The Morgan fingerprint density at radius 3 is 2.77 bits per heavy atom. The van der Waals surface area contributed by atoms with Crippen molar-refractivity contribution in [2.24, 2.45) is 0 Å². The molecule has 2 heterocycles. The monoisotopic (exact) mass is 357 g/mol. The van der Waals surface area contributed by atoms with Crippen molar-refractivity contribution in [3.05, 3.63) is 87.9 Å². The first-order chi connectivity index (χ1) is 12.5. The van der Waals surface area contributed by atoms with Crippen molar-refractivity contribution >= 4 is 11.4 Å². The number of hydrogen-bond donors (Lipinski definition) is 3. The summed E-state index contributed by atoms with van der Waals surface area (Å²) in [5.74, 6) is -1.54. The van der Waals surface area contributed by atoms with Gasteiger partial charge in [0.2, 0.25) is 5.82 Å². The standard InChI is InChI=1S/C17H13F2N5O2/c18-11-4-2-1-3-10(11)8-21-15(14-5-6-26-24-14)7-13(20)16-22-9-12(19)17(25)23-16/h1-7,9,20-21H,8H2,(H,22,23,25)/b15-7-,20-13?. The average molecular weight is 357 g/mol. The Morgan fingerprint density at radius 1 is 1.27 bits per heavy atom. The predicted octanol–water partition coefficient (Wildman–Crippen LogP) is 2.23. The summed E-state index contributed by atoms with van der Waals surface area (Å²) in [4.78, 5) is 17.2. The molecule has 0 bridgehead atoms. The van der Waals surface area contributed by atoms with Gasteiger partial charge in [0, 0.05) is 18.2 Å². The fourth-order valence-corrected chi connectivity index (χ4v) is 2.13. The Labute approximate surface area is 145 Å². The van der Waals surface area contributed by atoms with Crippen LogP contribution in [0.2, 0.25) is 0 Å². The van der Waals surface area contributed by atoms with Gasteiger partial charge in [0.25, 0.3) is 5.56 Å². The van der Waals surface area contributed by atoms with Crippen molar-refractivity contribution in [2.75, 3.05) is 0 Å². The van der Waals surface area contributed by atoms with Crippen molar-refractivity contribution in [1.29, 1.82) is 5.41 Å². The van der Waals surface area contributed by atoms with Gasteiger partial charge in [-0.3, -0.25) is 10.2 Å². The molecule has 0 radical (unpaired) electrons. The molecule has 0 unspecified atom stereocenters. The van der Waals surface area contributed by atoms with Crippen molar-refractivity contribution in [2.45, 2.75) is 6.54 Å². The fourth-order valence-electron chi connectivity index (χ4n) is 2.13. The van der Waals surface area contributed by atoms with E-state index in [9.17, 15) is 13.6 Å². The molecule has 3 aromatic rings. The maximum absolute atomic E-state index is 13.8. The molecule has 9 heteroatoms. The van der Waals surface area contributed by atoms with Gasteiger partial charge in [-0.05, 0) is 12.1 Å². The lowest BCUT2D eigenvalue weighted by Gasteiger charge is -2.10. The van der Waals surface area contributed by atoms with Crippen LogP contribution in [0.15, 0.2) is 58.2 Å². The van der Waals surface area contributed by atoms with Crippen LogP contribution in [0.4, 0.5) is 8.78 Å². The van der Waals surface area contributed by atoms with Gasteiger partial charge in [-0.2, -0.15) is 4.39 Å². The zero-order valence-corrected chi connectivity index (χ0v) is 13.3. The van der Waals surface area contributed by atoms with Crippen LogP contribution in [0.25, 0.3) is 5.70 Å². The lowest BCUT2D eigenvalue weighted by atomic mass is 10.2. The molecule has 0 saturated heterocycles. The summed E-state index contributed by atoms with van der Waals surface area (Å²) < 4.78 is 31.6. The van der Waals surface area contributed by atoms with E-state index in [2.05, 4.69) is 20.4 Å². The summed E-state index contributed by atoms with van der Waals surface area (Å²) in [6, 6.07) is 7.79. The van der Waals surface area contributed by atoms with Crippen molar-refractivity contribution in [1.82, 2.24) is 20.4 Å². The maximum Gasteiger partial charge on any atom is 0.287 e. The molecule has 0 spiro atoms. The number of rotatable bonds is 6. The van der Waals surface area contributed by atoms with Gasteiger partial charge in [0.15, 0.2) is 5.82 Å². The lowest BCUT2D eigenvalue weighted by Crippen LogP contribution is -2.19. The van der Waals surface area contributed by atoms with E-state index in [-0.39, 0.29) is 23.9 Å². The Morgan fingerprint density at radius 2 is 2.08 bits per heavy atom. The van der Waals surface area contributed by atoms with E-state index >= 15 is 0 Å². The number of hydrogen-bond acceptors (Lipinski definition) is 6. The second-order valence-corrected chi connectivity index (χ2v) is 5.21. The normalized spacial score (nSPS) is 11.4. The number of nitrogens with zero attached hydrogens (tertiary/aromatic N) is 2. The molecule has 26 heavy (non-hydrogen) atoms. The summed E-state index contributed by atoms with van der Waals surface area (Å²) in [5, 5.41) is 14.8.